The van der Waals surface area contributed by atoms with Crippen LogP contribution in [0.5, 0.6) is 0 Å². The van der Waals surface area contributed by atoms with Crippen molar-refractivity contribution in [3.05, 3.63) is 65.5 Å². The first-order valence-electron chi connectivity index (χ1n) is 8.77. The van der Waals surface area contributed by atoms with Crippen LogP contribution in [-0.4, -0.2) is 27.1 Å². The average Bonchev–Trinajstić information content (AvgIpc) is 2.59. The molecule has 0 aliphatic heterocycles. The topological polar surface area (TPSA) is 66.5 Å². The summed E-state index contributed by atoms with van der Waals surface area (Å²) in [4.78, 5) is 12.2. The van der Waals surface area contributed by atoms with Gasteiger partial charge in [0.15, 0.2) is 0 Å². The van der Waals surface area contributed by atoms with Gasteiger partial charge in [-0.25, -0.2) is 12.8 Å². The molecule has 1 atom stereocenters. The summed E-state index contributed by atoms with van der Waals surface area (Å²) in [6.45, 7) is 3.92. The zero-order valence-electron chi connectivity index (χ0n) is 15.8. The van der Waals surface area contributed by atoms with Crippen molar-refractivity contribution in [2.24, 2.45) is 0 Å². The molecule has 1 amide bonds. The van der Waals surface area contributed by atoms with Gasteiger partial charge in [0.2, 0.25) is 15.9 Å². The van der Waals surface area contributed by atoms with Crippen molar-refractivity contribution in [2.75, 3.05) is 17.1 Å². The number of anilines is 1. The third kappa shape index (κ3) is 5.79. The molecular formula is C20H25FN2O3S. The molecule has 2 rings (SSSR count). The number of carbonyl (C=O) groups excluding carboxylic acids is 1. The Morgan fingerprint density at radius 1 is 1.15 bits per heavy atom. The number of sulfonamides is 1. The molecule has 5 nitrogen and oxygen atoms in total. The fraction of sp³-hybridized carbons (Fsp3) is 0.350. The molecule has 0 bridgehead atoms. The van der Waals surface area contributed by atoms with E-state index in [1.54, 1.807) is 6.07 Å². The molecule has 0 aliphatic rings. The zero-order valence-corrected chi connectivity index (χ0v) is 16.6. The molecule has 0 aliphatic carbocycles. The minimum atomic E-state index is -3.65. The Bertz CT molecular complexity index is 900. The molecule has 146 valence electrons. The van der Waals surface area contributed by atoms with Gasteiger partial charge >= 0.3 is 0 Å². The van der Waals surface area contributed by atoms with Crippen molar-refractivity contribution in [2.45, 2.75) is 32.7 Å². The maximum absolute atomic E-state index is 14.0. The highest BCUT2D eigenvalue weighted by molar-refractivity contribution is 7.92. The number of amides is 1. The lowest BCUT2D eigenvalue weighted by molar-refractivity contribution is -0.121. The SMILES string of the molecule is Cc1ccccc1[C@@H](C)NC(=O)CCCN(c1ccccc1F)S(C)(=O)=O. The Morgan fingerprint density at radius 3 is 2.41 bits per heavy atom. The predicted octanol–water partition coefficient (Wildman–Crippen LogP) is 3.56. The number of aryl methyl sites for hydroxylation is 1. The number of para-hydroxylation sites is 1. The van der Waals surface area contributed by atoms with Crippen LogP contribution in [0.2, 0.25) is 0 Å². The van der Waals surface area contributed by atoms with E-state index in [-0.39, 0.29) is 37.0 Å². The van der Waals surface area contributed by atoms with Crippen LogP contribution in [0.4, 0.5) is 10.1 Å². The lowest BCUT2D eigenvalue weighted by atomic mass is 10.0. The van der Waals surface area contributed by atoms with Gasteiger partial charge in [0.25, 0.3) is 0 Å². The number of nitrogens with one attached hydrogen (secondary N) is 1. The maximum atomic E-state index is 14.0. The van der Waals surface area contributed by atoms with Crippen LogP contribution in [0.1, 0.15) is 36.9 Å². The van der Waals surface area contributed by atoms with E-state index in [0.29, 0.717) is 0 Å². The van der Waals surface area contributed by atoms with E-state index in [2.05, 4.69) is 5.32 Å². The number of carbonyl (C=O) groups is 1. The second-order valence-electron chi connectivity index (χ2n) is 6.54. The van der Waals surface area contributed by atoms with Crippen molar-refractivity contribution < 1.29 is 17.6 Å². The minimum absolute atomic E-state index is 0.00585. The number of benzene rings is 2. The van der Waals surface area contributed by atoms with Crippen molar-refractivity contribution in [3.63, 3.8) is 0 Å². The molecule has 0 spiro atoms. The Hall–Kier alpha value is -2.41. The summed E-state index contributed by atoms with van der Waals surface area (Å²) in [6, 6.07) is 13.4. The second kappa shape index (κ2) is 8.99. The van der Waals surface area contributed by atoms with Gasteiger partial charge < -0.3 is 5.32 Å². The van der Waals surface area contributed by atoms with Crippen LogP contribution in [0.15, 0.2) is 48.5 Å². The summed E-state index contributed by atoms with van der Waals surface area (Å²) < 4.78 is 39.0. The van der Waals surface area contributed by atoms with Gasteiger partial charge in [-0.3, -0.25) is 9.10 Å². The quantitative estimate of drug-likeness (QED) is 0.747. The smallest absolute Gasteiger partial charge is 0.232 e. The Morgan fingerprint density at radius 2 is 1.78 bits per heavy atom. The Balaban J connectivity index is 1.96. The van der Waals surface area contributed by atoms with E-state index in [0.717, 1.165) is 21.7 Å². The molecule has 0 heterocycles. The Kier molecular flexibility index (Phi) is 6.96. The fourth-order valence-corrected chi connectivity index (χ4v) is 3.93. The number of rotatable bonds is 8. The molecule has 2 aromatic carbocycles. The molecule has 0 saturated heterocycles. The standard InChI is InChI=1S/C20H25FN2O3S/c1-15-9-4-5-10-17(15)16(2)22-20(24)13-8-14-23(27(3,25)26)19-12-7-6-11-18(19)21/h4-7,9-12,16H,8,13-14H2,1-3H3,(H,22,24)/t16-/m1/s1. The van der Waals surface area contributed by atoms with Crippen LogP contribution in [0, 0.1) is 12.7 Å². The van der Waals surface area contributed by atoms with Crippen LogP contribution < -0.4 is 9.62 Å². The lowest BCUT2D eigenvalue weighted by Gasteiger charge is -2.23. The van der Waals surface area contributed by atoms with Crippen LogP contribution in [-0.2, 0) is 14.8 Å². The maximum Gasteiger partial charge on any atom is 0.232 e. The van der Waals surface area contributed by atoms with E-state index in [1.165, 1.54) is 18.2 Å². The van der Waals surface area contributed by atoms with Crippen LogP contribution >= 0.6 is 0 Å². The van der Waals surface area contributed by atoms with Gasteiger partial charge in [0.1, 0.15) is 5.82 Å². The van der Waals surface area contributed by atoms with E-state index >= 15 is 0 Å². The largest absolute Gasteiger partial charge is 0.350 e. The van der Waals surface area contributed by atoms with Gasteiger partial charge in [-0.2, -0.15) is 0 Å². The average molecular weight is 392 g/mol. The number of halogens is 1. The number of nitrogens with zero attached hydrogens (tertiary/aromatic N) is 1. The highest BCUT2D eigenvalue weighted by atomic mass is 32.2. The molecule has 0 radical (unpaired) electrons. The number of hydrogen-bond donors (Lipinski definition) is 1. The molecule has 2 aromatic rings. The minimum Gasteiger partial charge on any atom is -0.350 e. The summed E-state index contributed by atoms with van der Waals surface area (Å²) in [5.74, 6) is -0.784. The molecule has 7 heteroatoms. The summed E-state index contributed by atoms with van der Waals surface area (Å²) >= 11 is 0. The Labute approximate surface area is 160 Å². The van der Waals surface area contributed by atoms with E-state index in [4.69, 9.17) is 0 Å². The summed E-state index contributed by atoms with van der Waals surface area (Å²) in [5, 5.41) is 2.92. The van der Waals surface area contributed by atoms with Gasteiger partial charge in [0.05, 0.1) is 18.0 Å². The first kappa shape index (κ1) is 20.9. The van der Waals surface area contributed by atoms with E-state index in [1.807, 2.05) is 38.1 Å². The first-order valence-corrected chi connectivity index (χ1v) is 10.6. The third-order valence-corrected chi connectivity index (χ3v) is 5.50. The number of hydrogen-bond acceptors (Lipinski definition) is 3. The summed E-state index contributed by atoms with van der Waals surface area (Å²) in [7, 11) is -3.65. The summed E-state index contributed by atoms with van der Waals surface area (Å²) in [6.07, 6.45) is 1.46. The zero-order chi connectivity index (χ0) is 20.0. The van der Waals surface area contributed by atoms with Gasteiger partial charge in [0, 0.05) is 13.0 Å². The van der Waals surface area contributed by atoms with Gasteiger partial charge in [-0.15, -0.1) is 0 Å². The van der Waals surface area contributed by atoms with Crippen molar-refractivity contribution in [1.29, 1.82) is 0 Å². The lowest BCUT2D eigenvalue weighted by Crippen LogP contribution is -2.33. The predicted molar refractivity (Wildman–Crippen MR) is 106 cm³/mol. The van der Waals surface area contributed by atoms with Gasteiger partial charge in [-0.1, -0.05) is 36.4 Å². The highest BCUT2D eigenvalue weighted by Gasteiger charge is 2.20. The third-order valence-electron chi connectivity index (χ3n) is 4.32. The van der Waals surface area contributed by atoms with E-state index in [9.17, 15) is 17.6 Å². The van der Waals surface area contributed by atoms with Crippen LogP contribution in [0.25, 0.3) is 0 Å². The molecule has 1 N–H and O–H groups in total. The van der Waals surface area contributed by atoms with Crippen molar-refractivity contribution in [3.8, 4) is 0 Å². The molecule has 0 unspecified atom stereocenters. The second-order valence-corrected chi connectivity index (χ2v) is 8.44. The fourth-order valence-electron chi connectivity index (χ4n) is 2.97. The molecule has 27 heavy (non-hydrogen) atoms. The normalized spacial score (nSPS) is 12.4. The van der Waals surface area contributed by atoms with Crippen molar-refractivity contribution in [1.82, 2.24) is 5.32 Å². The van der Waals surface area contributed by atoms with E-state index < -0.39 is 15.8 Å². The monoisotopic (exact) mass is 392 g/mol. The molecule has 0 aromatic heterocycles. The van der Waals surface area contributed by atoms with Gasteiger partial charge in [-0.05, 0) is 43.5 Å². The van der Waals surface area contributed by atoms with Crippen LogP contribution in [0.3, 0.4) is 0 Å². The summed E-state index contributed by atoms with van der Waals surface area (Å²) in [5.41, 5.74) is 2.12. The first-order chi connectivity index (χ1) is 12.7. The molecule has 0 fully saturated rings. The highest BCUT2D eigenvalue weighted by Crippen LogP contribution is 2.22. The van der Waals surface area contributed by atoms with Crippen molar-refractivity contribution >= 4 is 21.6 Å². The molecule has 0 saturated carbocycles. The molecular weight excluding hydrogens is 367 g/mol.